The Morgan fingerprint density at radius 1 is 1.43 bits per heavy atom. The molecule has 6 heteroatoms. The molecule has 1 amide bonds. The van der Waals surface area contributed by atoms with Crippen LogP contribution in [0.4, 0.5) is 0 Å². The van der Waals surface area contributed by atoms with Crippen LogP contribution >= 0.6 is 0 Å². The number of ether oxygens (including phenoxy) is 3. The Morgan fingerprint density at radius 2 is 2.26 bits per heavy atom. The van der Waals surface area contributed by atoms with Gasteiger partial charge in [0, 0.05) is 24.4 Å². The quantitative estimate of drug-likeness (QED) is 0.830. The van der Waals surface area contributed by atoms with Crippen molar-refractivity contribution >= 4 is 5.91 Å². The number of hydrogen-bond donors (Lipinski definition) is 1. The van der Waals surface area contributed by atoms with Crippen LogP contribution in [0.5, 0.6) is 5.88 Å². The Morgan fingerprint density at radius 3 is 2.96 bits per heavy atom. The Labute approximate surface area is 137 Å². The highest BCUT2D eigenvalue weighted by Gasteiger charge is 2.15. The standard InChI is InChI=1S/C17H26N2O4/c1-12-8-13(2)19-17(21-3)15(12)9-18-16(20)11-22-10-14-6-4-5-7-23-14/h8,14H,4-7,9-11H2,1-3H3,(H,18,20)/t14-/m1/s1. The summed E-state index contributed by atoms with van der Waals surface area (Å²) in [4.78, 5) is 16.2. The number of nitrogens with zero attached hydrogens (tertiary/aromatic N) is 1. The predicted octanol–water partition coefficient (Wildman–Crippen LogP) is 1.91. The van der Waals surface area contributed by atoms with Crippen molar-refractivity contribution in [1.29, 1.82) is 0 Å². The van der Waals surface area contributed by atoms with Gasteiger partial charge in [0.25, 0.3) is 0 Å². The maximum atomic E-state index is 11.9. The van der Waals surface area contributed by atoms with E-state index in [1.165, 1.54) is 6.42 Å². The molecule has 1 atom stereocenters. The number of hydrogen-bond acceptors (Lipinski definition) is 5. The van der Waals surface area contributed by atoms with Crippen LogP contribution in [0.3, 0.4) is 0 Å². The maximum Gasteiger partial charge on any atom is 0.246 e. The van der Waals surface area contributed by atoms with E-state index in [9.17, 15) is 4.79 Å². The average Bonchev–Trinajstić information content (AvgIpc) is 2.54. The predicted molar refractivity (Wildman–Crippen MR) is 86.5 cm³/mol. The number of nitrogens with one attached hydrogen (secondary N) is 1. The molecular formula is C17H26N2O4. The molecule has 0 spiro atoms. The van der Waals surface area contributed by atoms with Crippen LogP contribution in [0.25, 0.3) is 0 Å². The Hall–Kier alpha value is -1.66. The molecule has 0 unspecified atom stereocenters. The molecule has 6 nitrogen and oxygen atoms in total. The second kappa shape index (κ2) is 8.84. The van der Waals surface area contributed by atoms with Gasteiger partial charge in [-0.25, -0.2) is 4.98 Å². The molecule has 128 valence electrons. The van der Waals surface area contributed by atoms with Gasteiger partial charge in [-0.15, -0.1) is 0 Å². The molecular weight excluding hydrogens is 296 g/mol. The van der Waals surface area contributed by atoms with Crippen molar-refractivity contribution in [2.24, 2.45) is 0 Å². The Bertz CT molecular complexity index is 528. The van der Waals surface area contributed by atoms with E-state index in [0.717, 1.165) is 36.3 Å². The van der Waals surface area contributed by atoms with Gasteiger partial charge in [-0.1, -0.05) is 0 Å². The number of methoxy groups -OCH3 is 1. The van der Waals surface area contributed by atoms with Crippen molar-refractivity contribution in [1.82, 2.24) is 10.3 Å². The second-order valence-corrected chi connectivity index (χ2v) is 5.85. The molecule has 0 radical (unpaired) electrons. The van der Waals surface area contributed by atoms with Crippen LogP contribution in [0.2, 0.25) is 0 Å². The van der Waals surface area contributed by atoms with E-state index in [1.54, 1.807) is 7.11 Å². The average molecular weight is 322 g/mol. The summed E-state index contributed by atoms with van der Waals surface area (Å²) in [6.45, 7) is 5.58. The zero-order valence-corrected chi connectivity index (χ0v) is 14.2. The van der Waals surface area contributed by atoms with Gasteiger partial charge in [0.2, 0.25) is 11.8 Å². The third-order valence-corrected chi connectivity index (χ3v) is 3.90. The SMILES string of the molecule is COc1nc(C)cc(C)c1CNC(=O)COC[C@H]1CCCCO1. The smallest absolute Gasteiger partial charge is 0.246 e. The highest BCUT2D eigenvalue weighted by Crippen LogP contribution is 2.20. The maximum absolute atomic E-state index is 11.9. The highest BCUT2D eigenvalue weighted by molar-refractivity contribution is 5.77. The fraction of sp³-hybridized carbons (Fsp3) is 0.647. The summed E-state index contributed by atoms with van der Waals surface area (Å²) in [6, 6.07) is 1.97. The van der Waals surface area contributed by atoms with Gasteiger partial charge in [-0.2, -0.15) is 0 Å². The number of carbonyl (C=O) groups excluding carboxylic acids is 1. The molecule has 1 aliphatic rings. The lowest BCUT2D eigenvalue weighted by atomic mass is 10.1. The first kappa shape index (κ1) is 17.7. The summed E-state index contributed by atoms with van der Waals surface area (Å²) in [5.41, 5.74) is 2.83. The topological polar surface area (TPSA) is 69.7 Å². The number of pyridine rings is 1. The zero-order chi connectivity index (χ0) is 16.7. The van der Waals surface area contributed by atoms with Gasteiger partial charge >= 0.3 is 0 Å². The first-order chi connectivity index (χ1) is 11.1. The summed E-state index contributed by atoms with van der Waals surface area (Å²) >= 11 is 0. The van der Waals surface area contributed by atoms with Crippen molar-refractivity contribution in [3.8, 4) is 5.88 Å². The first-order valence-corrected chi connectivity index (χ1v) is 8.07. The van der Waals surface area contributed by atoms with E-state index >= 15 is 0 Å². The molecule has 1 N–H and O–H groups in total. The van der Waals surface area contributed by atoms with E-state index in [1.807, 2.05) is 19.9 Å². The van der Waals surface area contributed by atoms with Crippen LogP contribution in [0.1, 0.15) is 36.1 Å². The van der Waals surface area contributed by atoms with E-state index in [0.29, 0.717) is 19.0 Å². The third kappa shape index (κ3) is 5.48. The minimum absolute atomic E-state index is 0.0422. The van der Waals surface area contributed by atoms with Gasteiger partial charge in [0.1, 0.15) is 6.61 Å². The third-order valence-electron chi connectivity index (χ3n) is 3.90. The van der Waals surface area contributed by atoms with Gasteiger partial charge in [0.15, 0.2) is 0 Å². The molecule has 0 aliphatic carbocycles. The number of rotatable bonds is 7. The van der Waals surface area contributed by atoms with Gasteiger partial charge in [-0.3, -0.25) is 4.79 Å². The van der Waals surface area contributed by atoms with Crippen molar-refractivity contribution in [2.75, 3.05) is 26.9 Å². The van der Waals surface area contributed by atoms with Gasteiger partial charge in [-0.05, 0) is 44.7 Å². The second-order valence-electron chi connectivity index (χ2n) is 5.85. The number of amides is 1. The first-order valence-electron chi connectivity index (χ1n) is 8.07. The van der Waals surface area contributed by atoms with Gasteiger partial charge < -0.3 is 19.5 Å². The lowest BCUT2D eigenvalue weighted by Crippen LogP contribution is -2.31. The van der Waals surface area contributed by atoms with E-state index in [-0.39, 0.29) is 18.6 Å². The van der Waals surface area contributed by atoms with E-state index in [2.05, 4.69) is 10.3 Å². The molecule has 1 fully saturated rings. The highest BCUT2D eigenvalue weighted by atomic mass is 16.5. The molecule has 2 heterocycles. The summed E-state index contributed by atoms with van der Waals surface area (Å²) in [5, 5.41) is 2.85. The number of carbonyl (C=O) groups is 1. The van der Waals surface area contributed by atoms with Crippen molar-refractivity contribution < 1.29 is 19.0 Å². The van der Waals surface area contributed by atoms with Crippen LogP contribution < -0.4 is 10.1 Å². The van der Waals surface area contributed by atoms with Crippen molar-refractivity contribution in [3.63, 3.8) is 0 Å². The molecule has 1 aliphatic heterocycles. The van der Waals surface area contributed by atoms with E-state index < -0.39 is 0 Å². The fourth-order valence-corrected chi connectivity index (χ4v) is 2.67. The molecule has 2 rings (SSSR count). The molecule has 0 saturated carbocycles. The minimum atomic E-state index is -0.150. The number of aromatic nitrogens is 1. The molecule has 23 heavy (non-hydrogen) atoms. The minimum Gasteiger partial charge on any atom is -0.481 e. The van der Waals surface area contributed by atoms with E-state index in [4.69, 9.17) is 14.2 Å². The lowest BCUT2D eigenvalue weighted by molar-refractivity contribution is -0.128. The fourth-order valence-electron chi connectivity index (χ4n) is 2.67. The lowest BCUT2D eigenvalue weighted by Gasteiger charge is -2.22. The Kier molecular flexibility index (Phi) is 6.80. The van der Waals surface area contributed by atoms with Crippen molar-refractivity contribution in [2.45, 2.75) is 45.8 Å². The summed E-state index contributed by atoms with van der Waals surface area (Å²) in [6.07, 6.45) is 3.41. The summed E-state index contributed by atoms with van der Waals surface area (Å²) in [5.74, 6) is 0.405. The largest absolute Gasteiger partial charge is 0.481 e. The Balaban J connectivity index is 1.76. The molecule has 1 aromatic heterocycles. The summed E-state index contributed by atoms with van der Waals surface area (Å²) < 4.78 is 16.3. The van der Waals surface area contributed by atoms with Crippen LogP contribution in [-0.2, 0) is 20.8 Å². The van der Waals surface area contributed by atoms with Crippen LogP contribution in [-0.4, -0.2) is 43.9 Å². The zero-order valence-electron chi connectivity index (χ0n) is 14.2. The molecule has 1 aromatic rings. The summed E-state index contributed by atoms with van der Waals surface area (Å²) in [7, 11) is 1.58. The van der Waals surface area contributed by atoms with Crippen LogP contribution in [0, 0.1) is 13.8 Å². The molecule has 0 aromatic carbocycles. The monoisotopic (exact) mass is 322 g/mol. The van der Waals surface area contributed by atoms with Crippen molar-refractivity contribution in [3.05, 3.63) is 22.9 Å². The number of aryl methyl sites for hydroxylation is 2. The normalized spacial score (nSPS) is 17.8. The molecule has 1 saturated heterocycles. The van der Waals surface area contributed by atoms with Gasteiger partial charge in [0.05, 0.1) is 19.8 Å². The van der Waals surface area contributed by atoms with Crippen LogP contribution in [0.15, 0.2) is 6.07 Å². The molecule has 0 bridgehead atoms.